The Kier molecular flexibility index (Phi) is 34.7. The van der Waals surface area contributed by atoms with E-state index in [1.54, 1.807) is 0 Å². The summed E-state index contributed by atoms with van der Waals surface area (Å²) in [6.45, 7) is 3.22. The molecule has 0 amide bonds. The fourth-order valence-electron chi connectivity index (χ4n) is 6.82. The van der Waals surface area contributed by atoms with Gasteiger partial charge >= 0.3 is 19.8 Å². The number of allylic oxidation sites excluding steroid dienone is 8. The summed E-state index contributed by atoms with van der Waals surface area (Å²) < 4.78 is 33.5. The van der Waals surface area contributed by atoms with Crippen molar-refractivity contribution in [1.29, 1.82) is 0 Å². The van der Waals surface area contributed by atoms with E-state index in [0.717, 1.165) is 64.2 Å². The van der Waals surface area contributed by atoms with Gasteiger partial charge in [-0.2, -0.15) is 0 Å². The van der Waals surface area contributed by atoms with Crippen LogP contribution in [0, 0.1) is 0 Å². The maximum atomic E-state index is 12.8. The Hall–Kier alpha value is -2.19. The number of rotatable bonds is 38. The topological polar surface area (TPSA) is 210 Å². The van der Waals surface area contributed by atoms with Gasteiger partial charge in [0.2, 0.25) is 0 Å². The number of hydrogen-bond acceptors (Lipinski definition) is 12. The van der Waals surface area contributed by atoms with Gasteiger partial charge in [-0.1, -0.05) is 140 Å². The average Bonchev–Trinajstić information content (AvgIpc) is 3.24. The zero-order valence-electron chi connectivity index (χ0n) is 37.4. The van der Waals surface area contributed by atoms with Crippen molar-refractivity contribution in [3.8, 4) is 0 Å². The predicted molar refractivity (Wildman–Crippen MR) is 239 cm³/mol. The van der Waals surface area contributed by atoms with Gasteiger partial charge in [-0.05, 0) is 77.0 Å². The number of esters is 2. The van der Waals surface area contributed by atoms with Crippen molar-refractivity contribution in [3.63, 3.8) is 0 Å². The van der Waals surface area contributed by atoms with E-state index in [-0.39, 0.29) is 12.8 Å². The largest absolute Gasteiger partial charge is 0.472 e. The molecule has 6 unspecified atom stereocenters. The normalized spacial score (nSPS) is 22.4. The third-order valence-electron chi connectivity index (χ3n) is 10.6. The summed E-state index contributed by atoms with van der Waals surface area (Å²) in [6.07, 6.45) is 30.2. The molecule has 1 aliphatic carbocycles. The third-order valence-corrected chi connectivity index (χ3v) is 11.6. The summed E-state index contributed by atoms with van der Waals surface area (Å²) in [6, 6.07) is 0. The minimum atomic E-state index is -5.13. The van der Waals surface area contributed by atoms with Crippen LogP contribution in [0.2, 0.25) is 0 Å². The van der Waals surface area contributed by atoms with Gasteiger partial charge in [0.1, 0.15) is 43.2 Å². The molecule has 8 atom stereocenters. The van der Waals surface area contributed by atoms with Crippen molar-refractivity contribution >= 4 is 19.8 Å². The lowest BCUT2D eigenvalue weighted by Gasteiger charge is -2.41. The molecular formula is C47H83O13P. The van der Waals surface area contributed by atoms with Crippen LogP contribution in [-0.4, -0.2) is 98.3 Å². The number of ether oxygens (including phenoxy) is 2. The van der Waals surface area contributed by atoms with Crippen LogP contribution >= 0.6 is 7.82 Å². The molecule has 1 aliphatic rings. The lowest BCUT2D eigenvalue weighted by molar-refractivity contribution is -0.220. The number of unbranched alkanes of at least 4 members (excludes halogenated alkanes) is 18. The van der Waals surface area contributed by atoms with Crippen LogP contribution in [0.15, 0.2) is 48.6 Å². The maximum absolute atomic E-state index is 12.8. The summed E-state index contributed by atoms with van der Waals surface area (Å²) in [4.78, 5) is 35.7. The van der Waals surface area contributed by atoms with Crippen LogP contribution in [0.4, 0.5) is 0 Å². The van der Waals surface area contributed by atoms with Crippen LogP contribution < -0.4 is 0 Å². The van der Waals surface area contributed by atoms with Gasteiger partial charge in [0.25, 0.3) is 0 Å². The average molecular weight is 887 g/mol. The molecule has 0 aromatic heterocycles. The summed E-state index contributed by atoms with van der Waals surface area (Å²) >= 11 is 0. The Morgan fingerprint density at radius 3 is 1.43 bits per heavy atom. The highest BCUT2D eigenvalue weighted by Gasteiger charge is 2.51. The number of phosphoric ester groups is 1. The zero-order valence-corrected chi connectivity index (χ0v) is 38.3. The molecule has 0 radical (unpaired) electrons. The van der Waals surface area contributed by atoms with Gasteiger partial charge in [0.05, 0.1) is 6.61 Å². The van der Waals surface area contributed by atoms with Crippen LogP contribution in [0.1, 0.15) is 181 Å². The van der Waals surface area contributed by atoms with Crippen molar-refractivity contribution < 1.29 is 63.1 Å². The van der Waals surface area contributed by atoms with Gasteiger partial charge < -0.3 is 39.9 Å². The van der Waals surface area contributed by atoms with Gasteiger partial charge in [-0.25, -0.2) is 4.57 Å². The van der Waals surface area contributed by atoms with Gasteiger partial charge in [0.15, 0.2) is 6.10 Å². The summed E-state index contributed by atoms with van der Waals surface area (Å²) in [5.41, 5.74) is 0. The molecule has 13 nitrogen and oxygen atoms in total. The number of aliphatic hydroxyl groups is 5. The zero-order chi connectivity index (χ0) is 45.0. The first kappa shape index (κ1) is 56.8. The molecule has 1 rings (SSSR count). The van der Waals surface area contributed by atoms with E-state index >= 15 is 0 Å². The molecule has 0 aromatic carbocycles. The second-order valence-electron chi connectivity index (χ2n) is 16.3. The SMILES string of the molecule is CCCCC/C=C/C/C=C/C/C=C/CCCCC(=O)OC[C@H](COP(=O)(O)OC1C(O)C(O)C(O)[C@H](O)C1O)OC(=O)CCCCCCCCCCC/C=C/CCCCCC. The van der Waals surface area contributed by atoms with Crippen LogP contribution in [0.25, 0.3) is 0 Å². The van der Waals surface area contributed by atoms with E-state index in [1.807, 2.05) is 0 Å². The Bertz CT molecular complexity index is 1250. The van der Waals surface area contributed by atoms with E-state index in [2.05, 4.69) is 62.5 Å². The van der Waals surface area contributed by atoms with E-state index in [1.165, 1.54) is 77.0 Å². The van der Waals surface area contributed by atoms with E-state index in [4.69, 9.17) is 18.5 Å². The first-order valence-corrected chi connectivity index (χ1v) is 24.9. The molecule has 0 spiro atoms. The van der Waals surface area contributed by atoms with Gasteiger partial charge in [0, 0.05) is 12.8 Å². The first-order valence-electron chi connectivity index (χ1n) is 23.4. The predicted octanol–water partition coefficient (Wildman–Crippen LogP) is 9.17. The van der Waals surface area contributed by atoms with Crippen molar-refractivity contribution in [2.45, 2.75) is 224 Å². The molecule has 6 N–H and O–H groups in total. The lowest BCUT2D eigenvalue weighted by Crippen LogP contribution is -2.64. The molecule has 0 bridgehead atoms. The van der Waals surface area contributed by atoms with E-state index in [9.17, 15) is 44.6 Å². The maximum Gasteiger partial charge on any atom is 0.472 e. The third kappa shape index (κ3) is 29.7. The quantitative estimate of drug-likeness (QED) is 0.0148. The molecule has 14 heteroatoms. The van der Waals surface area contributed by atoms with Crippen LogP contribution in [0.5, 0.6) is 0 Å². The lowest BCUT2D eigenvalue weighted by atomic mass is 9.85. The van der Waals surface area contributed by atoms with Crippen molar-refractivity contribution in [2.75, 3.05) is 13.2 Å². The molecule has 1 saturated carbocycles. The Labute approximate surface area is 367 Å². The summed E-state index contributed by atoms with van der Waals surface area (Å²) in [7, 11) is -5.13. The molecule has 0 aliphatic heterocycles. The van der Waals surface area contributed by atoms with Crippen molar-refractivity contribution in [2.24, 2.45) is 0 Å². The first-order chi connectivity index (χ1) is 29.4. The standard InChI is InChI=1S/C47H83O13P/c1-3-5-7-9-11-13-15-17-19-20-22-24-26-28-30-32-34-36-41(49)59-39(38-58-61(55,56)60-47-45(53)43(51)42(50)44(52)46(47)54)37-57-40(48)35-33-31-29-27-25-23-21-18-16-14-12-10-8-6-4-2/h12-15,18,21,25,27,39,42-47,50-54H,3-11,16-17,19-20,22-24,26,28-38H2,1-2H3,(H,55,56)/b14-12+,15-13+,21-18+,27-25+/t39-,42?,43+,44?,45?,46?,47?/m1/s1. The molecule has 0 saturated heterocycles. The number of phosphoric acid groups is 1. The number of hydrogen-bond donors (Lipinski definition) is 6. The minimum absolute atomic E-state index is 0.0852. The van der Waals surface area contributed by atoms with Crippen LogP contribution in [-0.2, 0) is 32.7 Å². The number of aliphatic hydroxyl groups excluding tert-OH is 5. The fourth-order valence-corrected chi connectivity index (χ4v) is 7.79. The van der Waals surface area contributed by atoms with Gasteiger partial charge in [-0.15, -0.1) is 0 Å². The van der Waals surface area contributed by atoms with Gasteiger partial charge in [-0.3, -0.25) is 18.6 Å². The molecule has 1 fully saturated rings. The summed E-state index contributed by atoms with van der Waals surface area (Å²) in [5, 5.41) is 50.1. The Morgan fingerprint density at radius 1 is 0.508 bits per heavy atom. The molecule has 354 valence electrons. The summed E-state index contributed by atoms with van der Waals surface area (Å²) in [5.74, 6) is -1.15. The molecule has 61 heavy (non-hydrogen) atoms. The number of carbonyl (C=O) groups excluding carboxylic acids is 2. The van der Waals surface area contributed by atoms with Crippen LogP contribution in [0.3, 0.4) is 0 Å². The van der Waals surface area contributed by atoms with Crippen molar-refractivity contribution in [3.05, 3.63) is 48.6 Å². The smallest absolute Gasteiger partial charge is 0.462 e. The Morgan fingerprint density at radius 2 is 0.885 bits per heavy atom. The Balaban J connectivity index is 2.48. The highest BCUT2D eigenvalue weighted by molar-refractivity contribution is 7.47. The van der Waals surface area contributed by atoms with E-state index < -0.39 is 75.7 Å². The molecular weight excluding hydrogens is 803 g/mol. The highest BCUT2D eigenvalue weighted by atomic mass is 31.2. The molecule has 0 heterocycles. The highest BCUT2D eigenvalue weighted by Crippen LogP contribution is 2.47. The van der Waals surface area contributed by atoms with E-state index in [0.29, 0.717) is 12.8 Å². The van der Waals surface area contributed by atoms with Crippen molar-refractivity contribution in [1.82, 2.24) is 0 Å². The molecule has 0 aromatic rings. The monoisotopic (exact) mass is 887 g/mol. The second kappa shape index (κ2) is 37.2. The second-order valence-corrected chi connectivity index (χ2v) is 17.7. The minimum Gasteiger partial charge on any atom is -0.462 e. The fraction of sp³-hybridized carbons (Fsp3) is 0.787. The number of carbonyl (C=O) groups is 2.